The quantitative estimate of drug-likeness (QED) is 0.519. The first-order chi connectivity index (χ1) is 10.1. The monoisotopic (exact) mass is 284 g/mol. The number of hydrogen-bond donors (Lipinski definition) is 1. The molecule has 0 radical (unpaired) electrons. The zero-order valence-electron chi connectivity index (χ0n) is 11.7. The summed E-state index contributed by atoms with van der Waals surface area (Å²) in [6.07, 6.45) is 4.17. The summed E-state index contributed by atoms with van der Waals surface area (Å²) in [6.45, 7) is 5.15. The summed E-state index contributed by atoms with van der Waals surface area (Å²) in [5.74, 6) is 0.457. The number of hydrogen-bond acceptors (Lipinski definition) is 5. The second-order valence-electron chi connectivity index (χ2n) is 4.46. The third kappa shape index (κ3) is 3.73. The molecule has 0 saturated carbocycles. The lowest BCUT2D eigenvalue weighted by atomic mass is 10.0. The summed E-state index contributed by atoms with van der Waals surface area (Å²) in [6, 6.07) is 6.69. The van der Waals surface area contributed by atoms with Crippen molar-refractivity contribution in [2.24, 2.45) is 0 Å². The van der Waals surface area contributed by atoms with Crippen molar-refractivity contribution in [3.8, 4) is 17.1 Å². The molecule has 1 unspecified atom stereocenters. The van der Waals surface area contributed by atoms with Crippen molar-refractivity contribution in [3.63, 3.8) is 0 Å². The number of benzene rings is 1. The number of nitrogens with zero attached hydrogens (tertiary/aromatic N) is 2. The van der Waals surface area contributed by atoms with Gasteiger partial charge in [0.25, 0.3) is 0 Å². The summed E-state index contributed by atoms with van der Waals surface area (Å²) in [5.41, 5.74) is 1.30. The summed E-state index contributed by atoms with van der Waals surface area (Å²) < 4.78 is 5.20. The van der Waals surface area contributed by atoms with Crippen molar-refractivity contribution < 1.29 is 14.6 Å². The van der Waals surface area contributed by atoms with Gasteiger partial charge in [-0.1, -0.05) is 12.1 Å². The first-order valence-corrected chi connectivity index (χ1v) is 6.52. The Kier molecular flexibility index (Phi) is 4.79. The van der Waals surface area contributed by atoms with Gasteiger partial charge in [-0.25, -0.2) is 9.97 Å². The second-order valence-corrected chi connectivity index (χ2v) is 4.46. The maximum atomic E-state index is 11.5. The van der Waals surface area contributed by atoms with Gasteiger partial charge in [-0.2, -0.15) is 0 Å². The van der Waals surface area contributed by atoms with Gasteiger partial charge in [-0.3, -0.25) is 4.79 Å². The molecule has 1 N–H and O–H groups in total. The zero-order valence-corrected chi connectivity index (χ0v) is 11.7. The Labute approximate surface area is 122 Å². The molecule has 5 heteroatoms. The van der Waals surface area contributed by atoms with Gasteiger partial charge >= 0.3 is 5.97 Å². The van der Waals surface area contributed by atoms with Crippen molar-refractivity contribution >= 4 is 5.97 Å². The Hall–Kier alpha value is -2.53. The smallest absolute Gasteiger partial charge is 0.315 e. The van der Waals surface area contributed by atoms with Crippen molar-refractivity contribution in [1.82, 2.24) is 9.97 Å². The average Bonchev–Trinajstić information content (AvgIpc) is 2.48. The van der Waals surface area contributed by atoms with Gasteiger partial charge in [0.05, 0.1) is 12.5 Å². The number of carbonyl (C=O) groups excluding carboxylic acids is 1. The van der Waals surface area contributed by atoms with Gasteiger partial charge in [0, 0.05) is 18.0 Å². The van der Waals surface area contributed by atoms with Crippen LogP contribution in [-0.4, -0.2) is 21.0 Å². The maximum absolute atomic E-state index is 11.5. The van der Waals surface area contributed by atoms with Crippen LogP contribution in [0.4, 0.5) is 0 Å². The molecule has 0 saturated heterocycles. The molecule has 1 aromatic heterocycles. The average molecular weight is 284 g/mol. The van der Waals surface area contributed by atoms with E-state index in [1.807, 2.05) is 0 Å². The number of carbonyl (C=O) groups is 1. The first-order valence-electron chi connectivity index (χ1n) is 6.52. The molecule has 0 aliphatic rings. The normalized spacial score (nSPS) is 11.7. The Morgan fingerprint density at radius 1 is 1.43 bits per heavy atom. The van der Waals surface area contributed by atoms with Crippen molar-refractivity contribution in [3.05, 3.63) is 54.9 Å². The molecule has 1 heterocycles. The summed E-state index contributed by atoms with van der Waals surface area (Å²) in [7, 11) is 0. The van der Waals surface area contributed by atoms with Gasteiger partial charge in [0.2, 0.25) is 0 Å². The highest BCUT2D eigenvalue weighted by Gasteiger charge is 2.14. The number of rotatable bonds is 5. The van der Waals surface area contributed by atoms with E-state index in [9.17, 15) is 9.90 Å². The highest BCUT2D eigenvalue weighted by atomic mass is 16.5. The van der Waals surface area contributed by atoms with Crippen LogP contribution >= 0.6 is 0 Å². The number of aromatic nitrogens is 2. The van der Waals surface area contributed by atoms with Crippen LogP contribution in [0.15, 0.2) is 49.3 Å². The Morgan fingerprint density at radius 3 is 2.76 bits per heavy atom. The topological polar surface area (TPSA) is 72.3 Å². The standard InChI is InChI=1S/C16H16N2O3/c1-3-5-15(20)21-12-6-7-13(11(2)19)14(10-12)16-17-8-4-9-18-16/h3-4,6-11,19H,1,5H2,2H3. The van der Waals surface area contributed by atoms with Crippen LogP contribution < -0.4 is 4.74 Å². The molecule has 5 nitrogen and oxygen atoms in total. The number of esters is 1. The van der Waals surface area contributed by atoms with E-state index in [1.165, 1.54) is 6.08 Å². The Morgan fingerprint density at radius 2 is 2.14 bits per heavy atom. The third-order valence-electron chi connectivity index (χ3n) is 2.82. The molecule has 2 rings (SSSR count). The van der Waals surface area contributed by atoms with Gasteiger partial charge in [0.15, 0.2) is 5.82 Å². The lowest BCUT2D eigenvalue weighted by Crippen LogP contribution is -2.07. The van der Waals surface area contributed by atoms with Crippen LogP contribution in [0.2, 0.25) is 0 Å². The fourth-order valence-corrected chi connectivity index (χ4v) is 1.89. The Balaban J connectivity index is 2.40. The summed E-state index contributed by atoms with van der Waals surface area (Å²) in [5, 5.41) is 9.85. The van der Waals surface area contributed by atoms with Crippen LogP contribution in [0.3, 0.4) is 0 Å². The highest BCUT2D eigenvalue weighted by molar-refractivity contribution is 5.75. The first kappa shape index (κ1) is 14.9. The lowest BCUT2D eigenvalue weighted by Gasteiger charge is -2.12. The van der Waals surface area contributed by atoms with Gasteiger partial charge in [-0.05, 0) is 30.7 Å². The lowest BCUT2D eigenvalue weighted by molar-refractivity contribution is -0.133. The molecular weight excluding hydrogens is 268 g/mol. The predicted molar refractivity (Wildman–Crippen MR) is 78.6 cm³/mol. The molecule has 0 aliphatic carbocycles. The maximum Gasteiger partial charge on any atom is 0.315 e. The van der Waals surface area contributed by atoms with Gasteiger partial charge in [-0.15, -0.1) is 6.58 Å². The van der Waals surface area contributed by atoms with E-state index < -0.39 is 12.1 Å². The van der Waals surface area contributed by atoms with E-state index in [2.05, 4.69) is 16.5 Å². The molecule has 1 atom stereocenters. The van der Waals surface area contributed by atoms with E-state index in [0.29, 0.717) is 22.7 Å². The van der Waals surface area contributed by atoms with E-state index in [-0.39, 0.29) is 6.42 Å². The molecule has 108 valence electrons. The minimum Gasteiger partial charge on any atom is -0.426 e. The molecule has 0 amide bonds. The third-order valence-corrected chi connectivity index (χ3v) is 2.82. The minimum absolute atomic E-state index is 0.134. The fourth-order valence-electron chi connectivity index (χ4n) is 1.89. The zero-order chi connectivity index (χ0) is 15.2. The van der Waals surface area contributed by atoms with Crippen LogP contribution in [0.1, 0.15) is 25.0 Å². The molecule has 0 fully saturated rings. The molecular formula is C16H16N2O3. The van der Waals surface area contributed by atoms with Crippen molar-refractivity contribution in [1.29, 1.82) is 0 Å². The minimum atomic E-state index is -0.679. The molecule has 1 aromatic carbocycles. The summed E-state index contributed by atoms with van der Waals surface area (Å²) >= 11 is 0. The van der Waals surface area contributed by atoms with Crippen LogP contribution in [0.25, 0.3) is 11.4 Å². The van der Waals surface area contributed by atoms with E-state index in [4.69, 9.17) is 4.74 Å². The fraction of sp³-hybridized carbons (Fsp3) is 0.188. The van der Waals surface area contributed by atoms with Crippen molar-refractivity contribution in [2.75, 3.05) is 0 Å². The van der Waals surface area contributed by atoms with Gasteiger partial charge < -0.3 is 9.84 Å². The van der Waals surface area contributed by atoms with E-state index in [1.54, 1.807) is 43.6 Å². The van der Waals surface area contributed by atoms with Crippen LogP contribution in [0.5, 0.6) is 5.75 Å². The molecule has 0 spiro atoms. The molecule has 0 bridgehead atoms. The van der Waals surface area contributed by atoms with Gasteiger partial charge in [0.1, 0.15) is 5.75 Å². The molecule has 21 heavy (non-hydrogen) atoms. The van der Waals surface area contributed by atoms with E-state index in [0.717, 1.165) is 0 Å². The largest absolute Gasteiger partial charge is 0.426 e. The molecule has 2 aromatic rings. The second kappa shape index (κ2) is 6.76. The highest BCUT2D eigenvalue weighted by Crippen LogP contribution is 2.29. The number of ether oxygens (including phenoxy) is 1. The van der Waals surface area contributed by atoms with E-state index >= 15 is 0 Å². The SMILES string of the molecule is C=CCC(=O)Oc1ccc(C(C)O)c(-c2ncccn2)c1. The van der Waals surface area contributed by atoms with Crippen molar-refractivity contribution in [2.45, 2.75) is 19.4 Å². The predicted octanol–water partition coefficient (Wildman–Crippen LogP) is 2.68. The van der Waals surface area contributed by atoms with Crippen LogP contribution in [0, 0.1) is 0 Å². The molecule has 0 aliphatic heterocycles. The summed E-state index contributed by atoms with van der Waals surface area (Å²) in [4.78, 5) is 19.8. The van der Waals surface area contributed by atoms with Crippen LogP contribution in [-0.2, 0) is 4.79 Å². The number of aliphatic hydroxyl groups is 1. The number of aliphatic hydroxyl groups excluding tert-OH is 1. The Bertz CT molecular complexity index is 639.